The van der Waals surface area contributed by atoms with Crippen molar-refractivity contribution in [1.82, 2.24) is 29.8 Å². The van der Waals surface area contributed by atoms with Crippen LogP contribution in [0, 0.1) is 0 Å². The lowest BCUT2D eigenvalue weighted by Crippen LogP contribution is -2.20. The second kappa shape index (κ2) is 10.3. The summed E-state index contributed by atoms with van der Waals surface area (Å²) in [6.45, 7) is 6.66. The first-order valence-corrected chi connectivity index (χ1v) is 11.6. The number of nitrogens with one attached hydrogen (secondary N) is 2. The van der Waals surface area contributed by atoms with E-state index in [1.54, 1.807) is 30.6 Å². The van der Waals surface area contributed by atoms with Crippen LogP contribution in [0.15, 0.2) is 30.6 Å². The van der Waals surface area contributed by atoms with E-state index in [0.717, 1.165) is 20.0 Å². The molecule has 9 nitrogen and oxygen atoms in total. The zero-order valence-corrected chi connectivity index (χ0v) is 20.0. The van der Waals surface area contributed by atoms with Gasteiger partial charge in [0.2, 0.25) is 11.7 Å². The summed E-state index contributed by atoms with van der Waals surface area (Å²) in [5.41, 5.74) is 2.21. The Bertz CT molecular complexity index is 1210. The van der Waals surface area contributed by atoms with E-state index < -0.39 is 11.7 Å². The molecule has 0 unspecified atom stereocenters. The first kappa shape index (κ1) is 24.5. The highest BCUT2D eigenvalue weighted by Gasteiger charge is 2.29. The lowest BCUT2D eigenvalue weighted by molar-refractivity contribution is -0.114. The third-order valence-electron chi connectivity index (χ3n) is 5.55. The van der Waals surface area contributed by atoms with E-state index in [1.165, 1.54) is 19.8 Å². The number of halogens is 2. The van der Waals surface area contributed by atoms with Crippen LogP contribution < -0.4 is 10.6 Å². The number of pyridine rings is 1. The normalized spacial score (nSPS) is 14.2. The zero-order chi connectivity index (χ0) is 25.0. The number of aryl methyl sites for hydroxylation is 1. The molecule has 4 heterocycles. The van der Waals surface area contributed by atoms with Crippen molar-refractivity contribution >= 4 is 23.2 Å². The Kier molecular flexibility index (Phi) is 7.25. The van der Waals surface area contributed by atoms with Crippen molar-refractivity contribution in [2.75, 3.05) is 23.7 Å². The largest absolute Gasteiger partial charge is 0.339 e. The second-order valence-electron chi connectivity index (χ2n) is 8.57. The smallest absolute Gasteiger partial charge is 0.303 e. The van der Waals surface area contributed by atoms with E-state index in [4.69, 9.17) is 4.98 Å². The minimum atomic E-state index is -3.19. The molecule has 1 saturated heterocycles. The number of anilines is 3. The van der Waals surface area contributed by atoms with Gasteiger partial charge in [0.15, 0.2) is 0 Å². The summed E-state index contributed by atoms with van der Waals surface area (Å²) in [7, 11) is 0. The summed E-state index contributed by atoms with van der Waals surface area (Å²) < 4.78 is 28.0. The monoisotopic (exact) mass is 482 g/mol. The number of alkyl halides is 2. The van der Waals surface area contributed by atoms with Gasteiger partial charge in [0, 0.05) is 49.6 Å². The van der Waals surface area contributed by atoms with Gasteiger partial charge in [0.05, 0.1) is 17.9 Å². The maximum absolute atomic E-state index is 14.0. The molecule has 0 aliphatic carbocycles. The van der Waals surface area contributed by atoms with E-state index in [-0.39, 0.29) is 11.7 Å². The van der Waals surface area contributed by atoms with Crippen molar-refractivity contribution < 1.29 is 13.6 Å². The van der Waals surface area contributed by atoms with E-state index in [0.29, 0.717) is 47.2 Å². The molecule has 4 rings (SSSR count). The molecular formula is C24H28F2N8O. The van der Waals surface area contributed by atoms with Gasteiger partial charge >= 0.3 is 5.92 Å². The highest BCUT2D eigenvalue weighted by molar-refractivity contribution is 5.89. The van der Waals surface area contributed by atoms with Crippen LogP contribution in [0.3, 0.4) is 0 Å². The maximum atomic E-state index is 14.0. The first-order chi connectivity index (χ1) is 16.7. The number of hydrogen-bond donors (Lipinski definition) is 2. The Morgan fingerprint density at radius 3 is 2.57 bits per heavy atom. The molecule has 1 fully saturated rings. The van der Waals surface area contributed by atoms with Crippen LogP contribution in [0.1, 0.15) is 51.0 Å². The van der Waals surface area contributed by atoms with Gasteiger partial charge in [-0.15, -0.1) is 0 Å². The fourth-order valence-corrected chi connectivity index (χ4v) is 3.85. The third kappa shape index (κ3) is 6.30. The maximum Gasteiger partial charge on any atom is 0.303 e. The summed E-state index contributed by atoms with van der Waals surface area (Å²) in [6, 6.07) is 5.00. The SMILES string of the molecule is CCc1cc(Nc2cc(NC(C)=O)ncc2-c2ccnc(CN3CCCC3)n2)nc(C(C)(F)F)n1. The predicted molar refractivity (Wildman–Crippen MR) is 128 cm³/mol. The van der Waals surface area contributed by atoms with Crippen LogP contribution in [-0.2, 0) is 23.7 Å². The van der Waals surface area contributed by atoms with Gasteiger partial charge in [0.1, 0.15) is 17.5 Å². The number of likely N-dealkylation sites (tertiary alicyclic amines) is 1. The molecule has 0 radical (unpaired) electrons. The van der Waals surface area contributed by atoms with Crippen LogP contribution in [0.5, 0.6) is 0 Å². The number of aromatic nitrogens is 5. The third-order valence-corrected chi connectivity index (χ3v) is 5.55. The van der Waals surface area contributed by atoms with Crippen molar-refractivity contribution in [2.24, 2.45) is 0 Å². The molecule has 0 aromatic carbocycles. The van der Waals surface area contributed by atoms with Gasteiger partial charge in [-0.05, 0) is 38.4 Å². The molecule has 3 aromatic heterocycles. The van der Waals surface area contributed by atoms with Crippen LogP contribution in [0.2, 0.25) is 0 Å². The van der Waals surface area contributed by atoms with E-state index >= 15 is 0 Å². The molecule has 1 amide bonds. The lowest BCUT2D eigenvalue weighted by atomic mass is 10.1. The summed E-state index contributed by atoms with van der Waals surface area (Å²) in [5.74, 6) is -2.84. The Labute approximate surface area is 202 Å². The second-order valence-corrected chi connectivity index (χ2v) is 8.57. The van der Waals surface area contributed by atoms with Crippen LogP contribution in [0.4, 0.5) is 26.1 Å². The molecule has 1 aliphatic heterocycles. The number of hydrogen-bond acceptors (Lipinski definition) is 8. The van der Waals surface area contributed by atoms with Gasteiger partial charge in [0.25, 0.3) is 0 Å². The minimum absolute atomic E-state index is 0.209. The predicted octanol–water partition coefficient (Wildman–Crippen LogP) is 4.30. The number of carbonyl (C=O) groups is 1. The molecule has 11 heteroatoms. The first-order valence-electron chi connectivity index (χ1n) is 11.6. The fraction of sp³-hybridized carbons (Fsp3) is 0.417. The van der Waals surface area contributed by atoms with Crippen molar-refractivity contribution in [2.45, 2.75) is 52.5 Å². The number of rotatable bonds is 8. The zero-order valence-electron chi connectivity index (χ0n) is 20.0. The molecule has 0 spiro atoms. The quantitative estimate of drug-likeness (QED) is 0.489. The number of carbonyl (C=O) groups excluding carboxylic acids is 1. The molecule has 35 heavy (non-hydrogen) atoms. The molecule has 0 atom stereocenters. The van der Waals surface area contributed by atoms with Crippen molar-refractivity contribution in [3.8, 4) is 11.3 Å². The topological polar surface area (TPSA) is 109 Å². The molecular weight excluding hydrogens is 454 g/mol. The Morgan fingerprint density at radius 2 is 1.89 bits per heavy atom. The van der Waals surface area contributed by atoms with Crippen LogP contribution in [-0.4, -0.2) is 48.8 Å². The van der Waals surface area contributed by atoms with Crippen molar-refractivity contribution in [3.05, 3.63) is 47.9 Å². The Hall–Kier alpha value is -3.60. The minimum Gasteiger partial charge on any atom is -0.339 e. The summed E-state index contributed by atoms with van der Waals surface area (Å²) in [5, 5.41) is 5.76. The standard InChI is InChI=1S/C24H28F2N8O/c1-4-16-11-21(33-23(30-16)24(3,25)26)32-19-12-20(29-15(2)35)28-13-17(19)18-7-8-27-22(31-18)14-34-9-5-6-10-34/h7-8,11-13H,4-6,9-10,14H2,1-3H3,(H2,28,29,30,32,33,35). The molecule has 2 N–H and O–H groups in total. The van der Waals surface area contributed by atoms with E-state index in [9.17, 15) is 13.6 Å². The van der Waals surface area contributed by atoms with Gasteiger partial charge in [-0.3, -0.25) is 9.69 Å². The Balaban J connectivity index is 1.73. The molecule has 0 bridgehead atoms. The van der Waals surface area contributed by atoms with E-state index in [2.05, 4.69) is 35.5 Å². The summed E-state index contributed by atoms with van der Waals surface area (Å²) in [4.78, 5) is 35.3. The fourth-order valence-electron chi connectivity index (χ4n) is 3.85. The van der Waals surface area contributed by atoms with Gasteiger partial charge in [-0.1, -0.05) is 6.92 Å². The van der Waals surface area contributed by atoms with Crippen LogP contribution in [0.25, 0.3) is 11.3 Å². The molecule has 3 aromatic rings. The van der Waals surface area contributed by atoms with Crippen molar-refractivity contribution in [3.63, 3.8) is 0 Å². The van der Waals surface area contributed by atoms with Gasteiger partial charge < -0.3 is 10.6 Å². The highest BCUT2D eigenvalue weighted by atomic mass is 19.3. The number of nitrogens with zero attached hydrogens (tertiary/aromatic N) is 6. The lowest BCUT2D eigenvalue weighted by Gasteiger charge is -2.17. The van der Waals surface area contributed by atoms with Crippen LogP contribution >= 0.6 is 0 Å². The Morgan fingerprint density at radius 1 is 1.11 bits per heavy atom. The highest BCUT2D eigenvalue weighted by Crippen LogP contribution is 2.32. The molecule has 1 aliphatic rings. The summed E-state index contributed by atoms with van der Waals surface area (Å²) >= 11 is 0. The average Bonchev–Trinajstić information content (AvgIpc) is 3.31. The van der Waals surface area contributed by atoms with Gasteiger partial charge in [-0.2, -0.15) is 8.78 Å². The molecule has 0 saturated carbocycles. The summed E-state index contributed by atoms with van der Waals surface area (Å²) in [6.07, 6.45) is 6.06. The average molecular weight is 483 g/mol. The van der Waals surface area contributed by atoms with Gasteiger partial charge in [-0.25, -0.2) is 24.9 Å². The molecule has 184 valence electrons. The van der Waals surface area contributed by atoms with E-state index in [1.807, 2.05) is 6.92 Å². The number of amides is 1. The van der Waals surface area contributed by atoms with Crippen molar-refractivity contribution in [1.29, 1.82) is 0 Å².